The topological polar surface area (TPSA) is 95.8 Å². The summed E-state index contributed by atoms with van der Waals surface area (Å²) in [5, 5.41) is 19.9. The van der Waals surface area contributed by atoms with Crippen molar-refractivity contribution < 1.29 is 38.6 Å². The molecule has 0 unspecified atom stereocenters. The minimum absolute atomic E-state index is 0.106. The Labute approximate surface area is 223 Å². The van der Waals surface area contributed by atoms with Crippen molar-refractivity contribution >= 4 is 0 Å². The molecule has 4 saturated heterocycles. The first kappa shape index (κ1) is 26.3. The van der Waals surface area contributed by atoms with Gasteiger partial charge in [-0.3, -0.25) is 0 Å². The summed E-state index contributed by atoms with van der Waals surface area (Å²) in [7, 11) is 0. The van der Waals surface area contributed by atoms with Crippen LogP contribution in [0.4, 0.5) is 0 Å². The molecule has 2 aromatic rings. The van der Waals surface area contributed by atoms with Crippen LogP contribution in [-0.2, 0) is 41.6 Å². The number of hydrogen-bond acceptors (Lipinski definition) is 8. The number of ether oxygens (including phenoxy) is 6. The lowest BCUT2D eigenvalue weighted by molar-refractivity contribution is -0.308. The first-order valence-corrected chi connectivity index (χ1v) is 13.8. The number of rotatable bonds is 8. The Bertz CT molecular complexity index is 1010. The maximum atomic E-state index is 10.3. The molecule has 38 heavy (non-hydrogen) atoms. The lowest BCUT2D eigenvalue weighted by Gasteiger charge is -2.53. The number of hydrogen-bond donors (Lipinski definition) is 2. The second kappa shape index (κ2) is 12.1. The number of aliphatic hydroxyl groups excluding tert-OH is 2. The number of benzene rings is 2. The fourth-order valence-corrected chi connectivity index (χ4v) is 6.21. The lowest BCUT2D eigenvalue weighted by Crippen LogP contribution is -2.63. The first-order valence-electron chi connectivity index (χ1n) is 13.8. The van der Waals surface area contributed by atoms with Crippen molar-refractivity contribution in [3.8, 4) is 0 Å². The molecule has 8 nitrogen and oxygen atoms in total. The van der Waals surface area contributed by atoms with Gasteiger partial charge in [0.2, 0.25) is 0 Å². The minimum atomic E-state index is -0.727. The zero-order chi connectivity index (χ0) is 25.9. The summed E-state index contributed by atoms with van der Waals surface area (Å²) in [5.41, 5.74) is 2.24. The van der Waals surface area contributed by atoms with E-state index in [4.69, 9.17) is 28.4 Å². The monoisotopic (exact) mass is 526 g/mol. The predicted octanol–water partition coefficient (Wildman–Crippen LogP) is 2.77. The molecule has 6 rings (SSSR count). The third-order valence-electron chi connectivity index (χ3n) is 8.23. The van der Waals surface area contributed by atoms with Crippen molar-refractivity contribution in [3.05, 3.63) is 71.8 Å². The van der Waals surface area contributed by atoms with Gasteiger partial charge in [-0.25, -0.2) is 0 Å². The minimum Gasteiger partial charge on any atom is -0.394 e. The number of aliphatic hydroxyl groups is 2. The van der Waals surface area contributed by atoms with E-state index in [1.807, 2.05) is 36.4 Å². The van der Waals surface area contributed by atoms with E-state index in [2.05, 4.69) is 24.3 Å². The maximum absolute atomic E-state index is 10.3. The molecule has 4 heterocycles. The van der Waals surface area contributed by atoms with Gasteiger partial charge >= 0.3 is 0 Å². The van der Waals surface area contributed by atoms with Gasteiger partial charge in [0.1, 0.15) is 12.2 Å². The quantitative estimate of drug-likeness (QED) is 0.542. The van der Waals surface area contributed by atoms with E-state index in [9.17, 15) is 10.2 Å². The van der Waals surface area contributed by atoms with E-state index in [1.165, 1.54) is 0 Å². The summed E-state index contributed by atoms with van der Waals surface area (Å²) in [5.74, 6) is 0. The van der Waals surface area contributed by atoms with Crippen molar-refractivity contribution in [1.82, 2.24) is 0 Å². The molecule has 4 aliphatic rings. The average molecular weight is 527 g/mol. The molecule has 0 aromatic heterocycles. The van der Waals surface area contributed by atoms with Crippen molar-refractivity contribution in [2.45, 2.75) is 99.9 Å². The highest BCUT2D eigenvalue weighted by atomic mass is 16.6. The molecule has 4 aliphatic heterocycles. The van der Waals surface area contributed by atoms with Crippen LogP contribution in [0.15, 0.2) is 60.7 Å². The van der Waals surface area contributed by atoms with Crippen molar-refractivity contribution in [1.29, 1.82) is 0 Å². The highest BCUT2D eigenvalue weighted by Gasteiger charge is 2.52. The van der Waals surface area contributed by atoms with E-state index in [0.29, 0.717) is 39.1 Å². The van der Waals surface area contributed by atoms with Crippen LogP contribution in [0.2, 0.25) is 0 Å². The molecule has 0 bridgehead atoms. The molecule has 0 spiro atoms. The third-order valence-corrected chi connectivity index (χ3v) is 8.23. The van der Waals surface area contributed by atoms with Gasteiger partial charge in [0.25, 0.3) is 0 Å². The summed E-state index contributed by atoms with van der Waals surface area (Å²) < 4.78 is 38.0. The van der Waals surface area contributed by atoms with Gasteiger partial charge in [0.15, 0.2) is 0 Å². The number of fused-ring (bicyclic) bond motifs is 3. The molecule has 0 aliphatic carbocycles. The standard InChI is InChI=1S/C30H38O8/c31-15-29-21(32)11-23-25(37-29)13-27-26(35-23)14-28-24(36-27)12-22(34-17-20-9-5-2-6-10-20)30(38-28)18-33-16-19-7-3-1-4-8-19/h1-10,21-32H,11-18H2/t21-,22+,23+,24-,25-,26-,27+,28+,29+,30-/m0/s1. The maximum Gasteiger partial charge on any atom is 0.108 e. The van der Waals surface area contributed by atoms with Gasteiger partial charge in [0.05, 0.1) is 75.3 Å². The summed E-state index contributed by atoms with van der Waals surface area (Å²) in [4.78, 5) is 0. The normalized spacial score (nSPS) is 38.6. The molecule has 0 radical (unpaired) electrons. The van der Waals surface area contributed by atoms with Gasteiger partial charge in [-0.2, -0.15) is 0 Å². The molecule has 2 aromatic carbocycles. The Morgan fingerprint density at radius 3 is 1.79 bits per heavy atom. The second-order valence-corrected chi connectivity index (χ2v) is 10.9. The molecular weight excluding hydrogens is 488 g/mol. The van der Waals surface area contributed by atoms with Crippen molar-refractivity contribution in [3.63, 3.8) is 0 Å². The van der Waals surface area contributed by atoms with Gasteiger partial charge in [-0.05, 0) is 11.1 Å². The Hall–Kier alpha value is -1.88. The van der Waals surface area contributed by atoms with E-state index in [-0.39, 0.29) is 55.4 Å². The highest BCUT2D eigenvalue weighted by Crippen LogP contribution is 2.41. The van der Waals surface area contributed by atoms with Crippen LogP contribution in [0.5, 0.6) is 0 Å². The molecule has 10 atom stereocenters. The molecule has 8 heteroatoms. The second-order valence-electron chi connectivity index (χ2n) is 10.9. The lowest BCUT2D eigenvalue weighted by atomic mass is 9.84. The zero-order valence-corrected chi connectivity index (χ0v) is 21.5. The van der Waals surface area contributed by atoms with Gasteiger partial charge in [-0.15, -0.1) is 0 Å². The third kappa shape index (κ3) is 5.98. The Morgan fingerprint density at radius 1 is 0.632 bits per heavy atom. The van der Waals surface area contributed by atoms with E-state index in [0.717, 1.165) is 17.5 Å². The Morgan fingerprint density at radius 2 is 1.16 bits per heavy atom. The fourth-order valence-electron chi connectivity index (χ4n) is 6.21. The average Bonchev–Trinajstić information content (AvgIpc) is 2.95. The van der Waals surface area contributed by atoms with Crippen LogP contribution >= 0.6 is 0 Å². The van der Waals surface area contributed by atoms with Crippen LogP contribution in [0.1, 0.15) is 36.8 Å². The summed E-state index contributed by atoms with van der Waals surface area (Å²) >= 11 is 0. The SMILES string of the molecule is OC[C@H]1O[C@H]2C[C@H]3O[C@H]4C[C@@H](OCc5ccccc5)[C@H](COCc5ccccc5)O[C@@H]4C[C@@H]3O[C@@H]2C[C@@H]1O. The van der Waals surface area contributed by atoms with E-state index >= 15 is 0 Å². The summed E-state index contributed by atoms with van der Waals surface area (Å²) in [6.07, 6.45) is 0.0417. The van der Waals surface area contributed by atoms with Crippen LogP contribution in [0, 0.1) is 0 Å². The van der Waals surface area contributed by atoms with E-state index in [1.54, 1.807) is 0 Å². The fraction of sp³-hybridized carbons (Fsp3) is 0.600. The molecule has 0 saturated carbocycles. The van der Waals surface area contributed by atoms with Crippen LogP contribution in [-0.4, -0.2) is 84.5 Å². The predicted molar refractivity (Wildman–Crippen MR) is 137 cm³/mol. The van der Waals surface area contributed by atoms with E-state index < -0.39 is 12.2 Å². The van der Waals surface area contributed by atoms with Crippen LogP contribution < -0.4 is 0 Å². The molecule has 206 valence electrons. The molecule has 4 fully saturated rings. The van der Waals surface area contributed by atoms with Crippen molar-refractivity contribution in [2.24, 2.45) is 0 Å². The molecular formula is C30H38O8. The Balaban J connectivity index is 1.11. The van der Waals surface area contributed by atoms with Gasteiger partial charge in [-0.1, -0.05) is 60.7 Å². The Kier molecular flexibility index (Phi) is 8.39. The van der Waals surface area contributed by atoms with Crippen LogP contribution in [0.25, 0.3) is 0 Å². The van der Waals surface area contributed by atoms with Gasteiger partial charge < -0.3 is 38.6 Å². The summed E-state index contributed by atoms with van der Waals surface area (Å²) in [6, 6.07) is 20.3. The van der Waals surface area contributed by atoms with Crippen LogP contribution in [0.3, 0.4) is 0 Å². The highest BCUT2D eigenvalue weighted by molar-refractivity contribution is 5.14. The van der Waals surface area contributed by atoms with Crippen molar-refractivity contribution in [2.75, 3.05) is 13.2 Å². The summed E-state index contributed by atoms with van der Waals surface area (Å²) in [6.45, 7) is 1.25. The zero-order valence-electron chi connectivity index (χ0n) is 21.5. The molecule has 0 amide bonds. The first-order chi connectivity index (χ1) is 18.7. The molecule has 2 N–H and O–H groups in total. The van der Waals surface area contributed by atoms with Gasteiger partial charge in [0, 0.05) is 25.7 Å². The smallest absolute Gasteiger partial charge is 0.108 e. The largest absolute Gasteiger partial charge is 0.394 e.